The second kappa shape index (κ2) is 7.44. The molecule has 2 rings (SSSR count). The van der Waals surface area contributed by atoms with Gasteiger partial charge in [0.05, 0.1) is 13.2 Å². The number of aromatic nitrogens is 3. The molecule has 0 unspecified atom stereocenters. The second-order valence-electron chi connectivity index (χ2n) is 5.60. The first kappa shape index (κ1) is 19.3. The summed E-state index contributed by atoms with van der Waals surface area (Å²) in [5.74, 6) is -1.60. The second-order valence-corrected chi connectivity index (χ2v) is 5.60. The molecule has 1 N–H and O–H groups in total. The van der Waals surface area contributed by atoms with E-state index in [0.29, 0.717) is 0 Å². The lowest BCUT2D eigenvalue weighted by Gasteiger charge is -2.35. The minimum Gasteiger partial charge on any atom is -0.383 e. The third kappa shape index (κ3) is 4.51. The molecule has 0 saturated heterocycles. The fourth-order valence-corrected chi connectivity index (χ4v) is 2.27. The zero-order valence-electron chi connectivity index (χ0n) is 13.1. The molecule has 0 radical (unpaired) electrons. The highest BCUT2D eigenvalue weighted by molar-refractivity contribution is 5.24. The molecule has 0 aliphatic carbocycles. The molecule has 1 aromatic heterocycles. The number of aliphatic hydroxyl groups is 1. The summed E-state index contributed by atoms with van der Waals surface area (Å²) in [5, 5.41) is 14.9. The van der Waals surface area contributed by atoms with Gasteiger partial charge in [-0.05, 0) is 17.7 Å². The van der Waals surface area contributed by atoms with Gasteiger partial charge in [0.15, 0.2) is 0 Å². The monoisotopic (exact) mass is 365 g/mol. The van der Waals surface area contributed by atoms with Crippen molar-refractivity contribution < 1.29 is 31.8 Å². The predicted molar refractivity (Wildman–Crippen MR) is 76.4 cm³/mol. The van der Waals surface area contributed by atoms with E-state index in [-0.39, 0.29) is 12.1 Å². The number of nitrogens with zero attached hydrogens (tertiary/aromatic N) is 3. The summed E-state index contributed by atoms with van der Waals surface area (Å²) < 4.78 is 68.8. The van der Waals surface area contributed by atoms with Crippen LogP contribution < -0.4 is 0 Å². The standard InChI is InChI=1S/C15H16F5N3O2/c1-10(6-25-15(19,20)13(17)18)14(24,7-23-9-21-8-22-23)11-2-4-12(16)5-3-11/h2-5,8-10,13,24H,6-7H2,1H3/t10-,14+/m0/s1. The van der Waals surface area contributed by atoms with Gasteiger partial charge in [0.1, 0.15) is 24.1 Å². The van der Waals surface area contributed by atoms with Gasteiger partial charge in [-0.2, -0.15) is 13.9 Å². The topological polar surface area (TPSA) is 60.2 Å². The van der Waals surface area contributed by atoms with Crippen molar-refractivity contribution in [1.82, 2.24) is 14.8 Å². The molecule has 0 amide bonds. The van der Waals surface area contributed by atoms with E-state index in [9.17, 15) is 27.1 Å². The van der Waals surface area contributed by atoms with Gasteiger partial charge in [0.2, 0.25) is 0 Å². The SMILES string of the molecule is C[C@@H](COC(F)(F)C(F)F)[C@](O)(Cn1cncn1)c1ccc(F)cc1. The van der Waals surface area contributed by atoms with Crippen LogP contribution >= 0.6 is 0 Å². The number of halogens is 5. The summed E-state index contributed by atoms with van der Waals surface area (Å²) in [4.78, 5) is 3.71. The molecule has 0 spiro atoms. The van der Waals surface area contributed by atoms with Crippen LogP contribution in [-0.4, -0.2) is 39.0 Å². The third-order valence-corrected chi connectivity index (χ3v) is 3.81. The molecule has 0 aliphatic heterocycles. The van der Waals surface area contributed by atoms with Gasteiger partial charge in [-0.1, -0.05) is 19.1 Å². The minimum absolute atomic E-state index is 0.195. The van der Waals surface area contributed by atoms with Gasteiger partial charge in [-0.25, -0.2) is 22.8 Å². The van der Waals surface area contributed by atoms with Crippen LogP contribution in [0.5, 0.6) is 0 Å². The van der Waals surface area contributed by atoms with Crippen LogP contribution in [0.3, 0.4) is 0 Å². The molecular formula is C15H16F5N3O2. The Kier molecular flexibility index (Phi) is 5.73. The summed E-state index contributed by atoms with van der Waals surface area (Å²) in [7, 11) is 0. The Labute approximate surface area is 140 Å². The van der Waals surface area contributed by atoms with E-state index >= 15 is 0 Å². The molecular weight excluding hydrogens is 349 g/mol. The number of rotatable bonds is 8. The maximum absolute atomic E-state index is 13.1. The van der Waals surface area contributed by atoms with Crippen molar-refractivity contribution >= 4 is 0 Å². The fraction of sp³-hybridized carbons (Fsp3) is 0.467. The Balaban J connectivity index is 2.25. The summed E-state index contributed by atoms with van der Waals surface area (Å²) >= 11 is 0. The summed E-state index contributed by atoms with van der Waals surface area (Å²) in [6.07, 6.45) is -6.13. The van der Waals surface area contributed by atoms with E-state index in [1.165, 1.54) is 36.4 Å². The third-order valence-electron chi connectivity index (χ3n) is 3.81. The van der Waals surface area contributed by atoms with Gasteiger partial charge < -0.3 is 9.84 Å². The maximum atomic E-state index is 13.1. The quantitative estimate of drug-likeness (QED) is 0.731. The number of hydrogen-bond donors (Lipinski definition) is 1. The predicted octanol–water partition coefficient (Wildman–Crippen LogP) is 2.82. The van der Waals surface area contributed by atoms with E-state index in [2.05, 4.69) is 14.8 Å². The number of hydrogen-bond acceptors (Lipinski definition) is 4. The van der Waals surface area contributed by atoms with Gasteiger partial charge >= 0.3 is 12.5 Å². The normalized spacial score (nSPS) is 16.0. The van der Waals surface area contributed by atoms with Crippen LogP contribution in [0.15, 0.2) is 36.9 Å². The van der Waals surface area contributed by atoms with E-state index in [0.717, 1.165) is 12.1 Å². The van der Waals surface area contributed by atoms with E-state index < -0.39 is 36.5 Å². The zero-order valence-corrected chi connectivity index (χ0v) is 13.1. The summed E-state index contributed by atoms with van der Waals surface area (Å²) in [6.45, 7) is 0.269. The van der Waals surface area contributed by atoms with Crippen LogP contribution in [0.4, 0.5) is 22.0 Å². The molecule has 5 nitrogen and oxygen atoms in total. The van der Waals surface area contributed by atoms with Crippen molar-refractivity contribution in [3.05, 3.63) is 48.3 Å². The number of benzene rings is 1. The molecule has 0 aliphatic rings. The Bertz CT molecular complexity index is 666. The smallest absolute Gasteiger partial charge is 0.383 e. The van der Waals surface area contributed by atoms with Crippen LogP contribution in [0.2, 0.25) is 0 Å². The molecule has 0 bridgehead atoms. The van der Waals surface area contributed by atoms with Crippen LogP contribution in [0.1, 0.15) is 12.5 Å². The first-order valence-electron chi connectivity index (χ1n) is 7.26. The van der Waals surface area contributed by atoms with Crippen LogP contribution in [-0.2, 0) is 16.9 Å². The molecule has 2 atom stereocenters. The lowest BCUT2D eigenvalue weighted by molar-refractivity contribution is -0.308. The Hall–Kier alpha value is -2.07. The molecule has 0 saturated carbocycles. The summed E-state index contributed by atoms with van der Waals surface area (Å²) in [5.41, 5.74) is -1.64. The molecule has 1 heterocycles. The van der Waals surface area contributed by atoms with Crippen molar-refractivity contribution in [3.8, 4) is 0 Å². The highest BCUT2D eigenvalue weighted by atomic mass is 19.3. The maximum Gasteiger partial charge on any atom is 0.416 e. The average Bonchev–Trinajstić information content (AvgIpc) is 3.05. The van der Waals surface area contributed by atoms with E-state index in [1.54, 1.807) is 0 Å². The molecule has 138 valence electrons. The van der Waals surface area contributed by atoms with E-state index in [1.807, 2.05) is 0 Å². The Morgan fingerprint density at radius 3 is 2.40 bits per heavy atom. The van der Waals surface area contributed by atoms with Crippen molar-refractivity contribution in [3.63, 3.8) is 0 Å². The van der Waals surface area contributed by atoms with Crippen LogP contribution in [0.25, 0.3) is 0 Å². The first-order chi connectivity index (χ1) is 11.6. The molecule has 2 aromatic rings. The molecule has 1 aromatic carbocycles. The lowest BCUT2D eigenvalue weighted by atomic mass is 9.82. The van der Waals surface area contributed by atoms with Gasteiger partial charge in [0, 0.05) is 5.92 Å². The highest BCUT2D eigenvalue weighted by Crippen LogP contribution is 2.34. The average molecular weight is 365 g/mol. The van der Waals surface area contributed by atoms with Crippen molar-refractivity contribution in [1.29, 1.82) is 0 Å². The van der Waals surface area contributed by atoms with Crippen LogP contribution in [0, 0.1) is 11.7 Å². The molecule has 0 fully saturated rings. The first-order valence-corrected chi connectivity index (χ1v) is 7.26. The summed E-state index contributed by atoms with van der Waals surface area (Å²) in [6, 6.07) is 4.72. The van der Waals surface area contributed by atoms with Gasteiger partial charge in [-0.3, -0.25) is 0 Å². The molecule has 25 heavy (non-hydrogen) atoms. The van der Waals surface area contributed by atoms with Gasteiger partial charge in [0.25, 0.3) is 0 Å². The van der Waals surface area contributed by atoms with E-state index in [4.69, 9.17) is 0 Å². The largest absolute Gasteiger partial charge is 0.416 e. The lowest BCUT2D eigenvalue weighted by Crippen LogP contribution is -2.42. The minimum atomic E-state index is -4.63. The van der Waals surface area contributed by atoms with Crippen molar-refractivity contribution in [2.75, 3.05) is 6.61 Å². The highest BCUT2D eigenvalue weighted by Gasteiger charge is 2.45. The van der Waals surface area contributed by atoms with Gasteiger partial charge in [-0.15, -0.1) is 0 Å². The zero-order chi connectivity index (χ0) is 18.7. The Morgan fingerprint density at radius 2 is 1.88 bits per heavy atom. The Morgan fingerprint density at radius 1 is 1.24 bits per heavy atom. The van der Waals surface area contributed by atoms with Crippen molar-refractivity contribution in [2.45, 2.75) is 31.6 Å². The fourth-order valence-electron chi connectivity index (χ4n) is 2.27. The van der Waals surface area contributed by atoms with Crippen molar-refractivity contribution in [2.24, 2.45) is 5.92 Å². The number of ether oxygens (including phenoxy) is 1. The number of alkyl halides is 4. The molecule has 10 heteroatoms.